The van der Waals surface area contributed by atoms with Crippen LogP contribution >= 0.6 is 0 Å². The van der Waals surface area contributed by atoms with E-state index in [2.05, 4.69) is 12.2 Å². The summed E-state index contributed by atoms with van der Waals surface area (Å²) in [5, 5.41) is 3.02. The largest absolute Gasteiger partial charge is 0.381 e. The molecule has 2 unspecified atom stereocenters. The lowest BCUT2D eigenvalue weighted by atomic mass is 9.79. The van der Waals surface area contributed by atoms with Gasteiger partial charge in [-0.15, -0.1) is 0 Å². The number of carbonyl (C=O) groups is 1. The van der Waals surface area contributed by atoms with Gasteiger partial charge >= 0.3 is 0 Å². The van der Waals surface area contributed by atoms with E-state index in [0.29, 0.717) is 12.5 Å². The van der Waals surface area contributed by atoms with Crippen LogP contribution in [0, 0.1) is 5.41 Å². The van der Waals surface area contributed by atoms with Gasteiger partial charge in [-0.2, -0.15) is 0 Å². The summed E-state index contributed by atoms with van der Waals surface area (Å²) in [4.78, 5) is 11.2. The molecule has 0 aromatic heterocycles. The van der Waals surface area contributed by atoms with Gasteiger partial charge in [0.25, 0.3) is 0 Å². The number of hydrogen-bond acceptors (Lipinski definition) is 2. The Kier molecular flexibility index (Phi) is 1.83. The van der Waals surface area contributed by atoms with E-state index in [1.165, 1.54) is 0 Å². The summed E-state index contributed by atoms with van der Waals surface area (Å²) < 4.78 is 5.37. The third-order valence-corrected chi connectivity index (χ3v) is 3.13. The fourth-order valence-corrected chi connectivity index (χ4v) is 2.41. The Balaban J connectivity index is 2.16. The molecule has 0 radical (unpaired) electrons. The Morgan fingerprint density at radius 3 is 3.17 bits per heavy atom. The topological polar surface area (TPSA) is 38.3 Å². The molecule has 0 aromatic rings. The number of amides is 1. The van der Waals surface area contributed by atoms with Gasteiger partial charge in [0.2, 0.25) is 5.91 Å². The van der Waals surface area contributed by atoms with Gasteiger partial charge in [-0.25, -0.2) is 0 Å². The van der Waals surface area contributed by atoms with Crippen molar-refractivity contribution >= 4 is 5.91 Å². The van der Waals surface area contributed by atoms with Gasteiger partial charge in [0.05, 0.1) is 6.61 Å². The van der Waals surface area contributed by atoms with Gasteiger partial charge in [0.15, 0.2) is 0 Å². The van der Waals surface area contributed by atoms with Crippen LogP contribution in [0.3, 0.4) is 0 Å². The zero-order valence-electron chi connectivity index (χ0n) is 7.43. The number of rotatable bonds is 1. The molecule has 2 atom stereocenters. The Bertz CT molecular complexity index is 197. The maximum atomic E-state index is 11.2. The molecule has 3 nitrogen and oxygen atoms in total. The zero-order valence-corrected chi connectivity index (χ0v) is 7.43. The molecule has 0 aromatic carbocycles. The molecular formula is C9H15NO2. The van der Waals surface area contributed by atoms with Crippen LogP contribution in [-0.4, -0.2) is 25.2 Å². The summed E-state index contributed by atoms with van der Waals surface area (Å²) >= 11 is 0. The number of hydrogen-bond donors (Lipinski definition) is 1. The molecule has 3 heteroatoms. The summed E-state index contributed by atoms with van der Waals surface area (Å²) in [7, 11) is 0. The predicted molar refractivity (Wildman–Crippen MR) is 44.7 cm³/mol. The smallest absolute Gasteiger partial charge is 0.220 e. The monoisotopic (exact) mass is 169 g/mol. The first-order valence-electron chi connectivity index (χ1n) is 4.64. The molecule has 0 saturated carbocycles. The highest BCUT2D eigenvalue weighted by Gasteiger charge is 2.48. The number of nitrogens with one attached hydrogen (secondary N) is 1. The Hall–Kier alpha value is -0.570. The lowest BCUT2D eigenvalue weighted by Crippen LogP contribution is -2.36. The van der Waals surface area contributed by atoms with E-state index < -0.39 is 0 Å². The molecular weight excluding hydrogens is 154 g/mol. The lowest BCUT2D eigenvalue weighted by molar-refractivity contribution is -0.119. The molecule has 2 heterocycles. The van der Waals surface area contributed by atoms with Crippen LogP contribution in [0.25, 0.3) is 0 Å². The van der Waals surface area contributed by atoms with Crippen molar-refractivity contribution < 1.29 is 9.53 Å². The van der Waals surface area contributed by atoms with Crippen molar-refractivity contribution in [1.29, 1.82) is 0 Å². The van der Waals surface area contributed by atoms with Gasteiger partial charge in [-0.05, 0) is 12.8 Å². The molecule has 12 heavy (non-hydrogen) atoms. The van der Waals surface area contributed by atoms with Gasteiger partial charge < -0.3 is 10.1 Å². The first-order valence-corrected chi connectivity index (χ1v) is 4.64. The van der Waals surface area contributed by atoms with E-state index >= 15 is 0 Å². The van der Waals surface area contributed by atoms with E-state index in [-0.39, 0.29) is 11.3 Å². The molecule has 0 bridgehead atoms. The van der Waals surface area contributed by atoms with Gasteiger partial charge in [-0.1, -0.05) is 6.92 Å². The first-order chi connectivity index (χ1) is 5.77. The summed E-state index contributed by atoms with van der Waals surface area (Å²) in [5.74, 6) is 0.201. The Morgan fingerprint density at radius 1 is 1.75 bits per heavy atom. The third-order valence-electron chi connectivity index (χ3n) is 3.13. The predicted octanol–water partition coefficient (Wildman–Crippen LogP) is 0.692. The maximum absolute atomic E-state index is 11.2. The van der Waals surface area contributed by atoms with Crippen molar-refractivity contribution in [3.8, 4) is 0 Å². The SMILES string of the molecule is CCC1NC(=O)CC12CCOC2. The zero-order chi connectivity index (χ0) is 8.60. The van der Waals surface area contributed by atoms with Crippen molar-refractivity contribution in [1.82, 2.24) is 5.32 Å². The molecule has 1 spiro atoms. The van der Waals surface area contributed by atoms with Crippen molar-refractivity contribution in [3.63, 3.8) is 0 Å². The molecule has 1 amide bonds. The number of ether oxygens (including phenoxy) is 1. The second kappa shape index (κ2) is 2.73. The van der Waals surface area contributed by atoms with E-state index in [4.69, 9.17) is 4.74 Å². The standard InChI is InChI=1S/C9H15NO2/c1-2-7-9(3-4-12-6-9)5-8(11)10-7/h7H,2-6H2,1H3,(H,10,11). The minimum absolute atomic E-state index is 0.145. The highest BCUT2D eigenvalue weighted by atomic mass is 16.5. The second-order valence-corrected chi connectivity index (χ2v) is 3.87. The van der Waals surface area contributed by atoms with Crippen LogP contribution in [0.4, 0.5) is 0 Å². The molecule has 2 saturated heterocycles. The van der Waals surface area contributed by atoms with Crippen molar-refractivity contribution in [2.24, 2.45) is 5.41 Å². The highest BCUT2D eigenvalue weighted by Crippen LogP contribution is 2.40. The first kappa shape index (κ1) is 8.05. The second-order valence-electron chi connectivity index (χ2n) is 3.87. The van der Waals surface area contributed by atoms with Crippen molar-refractivity contribution in [2.45, 2.75) is 32.2 Å². The molecule has 2 aliphatic heterocycles. The van der Waals surface area contributed by atoms with Crippen LogP contribution in [0.15, 0.2) is 0 Å². The summed E-state index contributed by atoms with van der Waals surface area (Å²) in [6.07, 6.45) is 2.74. The van der Waals surface area contributed by atoms with E-state index in [1.807, 2.05) is 0 Å². The minimum Gasteiger partial charge on any atom is -0.381 e. The maximum Gasteiger partial charge on any atom is 0.220 e. The van der Waals surface area contributed by atoms with Crippen molar-refractivity contribution in [3.05, 3.63) is 0 Å². The van der Waals surface area contributed by atoms with Crippen LogP contribution < -0.4 is 5.32 Å². The summed E-state index contributed by atoms with van der Waals surface area (Å²) in [6.45, 7) is 3.71. The Morgan fingerprint density at radius 2 is 2.58 bits per heavy atom. The molecule has 2 fully saturated rings. The number of carbonyl (C=O) groups excluding carboxylic acids is 1. The fraction of sp³-hybridized carbons (Fsp3) is 0.889. The normalized spacial score (nSPS) is 40.8. The fourth-order valence-electron chi connectivity index (χ4n) is 2.41. The van der Waals surface area contributed by atoms with E-state index in [9.17, 15) is 4.79 Å². The summed E-state index contributed by atoms with van der Waals surface area (Å²) in [5.41, 5.74) is 0.145. The Labute approximate surface area is 72.5 Å². The summed E-state index contributed by atoms with van der Waals surface area (Å²) in [6, 6.07) is 0.354. The lowest BCUT2D eigenvalue weighted by Gasteiger charge is -2.26. The van der Waals surface area contributed by atoms with Crippen LogP contribution in [0.5, 0.6) is 0 Å². The average molecular weight is 169 g/mol. The molecule has 1 N–H and O–H groups in total. The van der Waals surface area contributed by atoms with Crippen LogP contribution in [-0.2, 0) is 9.53 Å². The van der Waals surface area contributed by atoms with Crippen LogP contribution in [0.1, 0.15) is 26.2 Å². The molecule has 0 aliphatic carbocycles. The van der Waals surface area contributed by atoms with Gasteiger partial charge in [-0.3, -0.25) is 4.79 Å². The van der Waals surface area contributed by atoms with Crippen LogP contribution in [0.2, 0.25) is 0 Å². The van der Waals surface area contributed by atoms with Crippen molar-refractivity contribution in [2.75, 3.05) is 13.2 Å². The molecule has 68 valence electrons. The third kappa shape index (κ3) is 1.04. The van der Waals surface area contributed by atoms with Gasteiger partial charge in [0, 0.05) is 24.5 Å². The van der Waals surface area contributed by atoms with E-state index in [0.717, 1.165) is 26.1 Å². The molecule has 2 rings (SSSR count). The van der Waals surface area contributed by atoms with Gasteiger partial charge in [0.1, 0.15) is 0 Å². The molecule has 2 aliphatic rings. The quantitative estimate of drug-likeness (QED) is 0.627. The van der Waals surface area contributed by atoms with E-state index in [1.54, 1.807) is 0 Å². The minimum atomic E-state index is 0.145. The average Bonchev–Trinajstić information content (AvgIpc) is 2.60. The highest BCUT2D eigenvalue weighted by molar-refractivity contribution is 5.80.